The van der Waals surface area contributed by atoms with Crippen LogP contribution in [0, 0.1) is 6.92 Å². The Labute approximate surface area is 121 Å². The van der Waals surface area contributed by atoms with Crippen LogP contribution in [0.1, 0.15) is 17.7 Å². The fourth-order valence-corrected chi connectivity index (χ4v) is 3.90. The molecule has 2 aromatic rings. The molecule has 2 aliphatic heterocycles. The van der Waals surface area contributed by atoms with Gasteiger partial charge in [-0.2, -0.15) is 0 Å². The Morgan fingerprint density at radius 3 is 2.70 bits per heavy atom. The van der Waals surface area contributed by atoms with Gasteiger partial charge < -0.3 is 14.4 Å². The number of nitrogens with zero attached hydrogens (tertiary/aromatic N) is 3. The summed E-state index contributed by atoms with van der Waals surface area (Å²) >= 11 is 1.72. The summed E-state index contributed by atoms with van der Waals surface area (Å²) in [6.45, 7) is 5.40. The van der Waals surface area contributed by atoms with Crippen LogP contribution >= 0.6 is 11.3 Å². The Morgan fingerprint density at radius 2 is 1.95 bits per heavy atom. The summed E-state index contributed by atoms with van der Waals surface area (Å²) < 4.78 is 11.6. The predicted molar refractivity (Wildman–Crippen MR) is 78.2 cm³/mol. The molecule has 1 spiro atoms. The topological polar surface area (TPSA) is 47.5 Å². The van der Waals surface area contributed by atoms with Crippen molar-refractivity contribution < 1.29 is 9.47 Å². The first kappa shape index (κ1) is 12.5. The quantitative estimate of drug-likeness (QED) is 0.807. The van der Waals surface area contributed by atoms with Gasteiger partial charge in [0.25, 0.3) is 0 Å². The van der Waals surface area contributed by atoms with Crippen LogP contribution in [-0.4, -0.2) is 42.1 Å². The van der Waals surface area contributed by atoms with E-state index in [9.17, 15) is 0 Å². The highest BCUT2D eigenvalue weighted by Gasteiger charge is 2.40. The van der Waals surface area contributed by atoms with Crippen molar-refractivity contribution in [1.82, 2.24) is 9.97 Å². The lowest BCUT2D eigenvalue weighted by molar-refractivity contribution is -0.169. The lowest BCUT2D eigenvalue weighted by Crippen LogP contribution is -2.45. The van der Waals surface area contributed by atoms with Crippen molar-refractivity contribution in [1.29, 1.82) is 0 Å². The number of ether oxygens (including phenoxy) is 2. The van der Waals surface area contributed by atoms with E-state index in [2.05, 4.69) is 27.9 Å². The van der Waals surface area contributed by atoms with E-state index in [1.165, 1.54) is 10.3 Å². The summed E-state index contributed by atoms with van der Waals surface area (Å²) in [5.41, 5.74) is 0. The van der Waals surface area contributed by atoms with E-state index >= 15 is 0 Å². The molecule has 0 aromatic carbocycles. The molecule has 0 radical (unpaired) electrons. The summed E-state index contributed by atoms with van der Waals surface area (Å²) in [7, 11) is 0. The Balaban J connectivity index is 1.61. The molecule has 0 amide bonds. The predicted octanol–water partition coefficient (Wildman–Crippen LogP) is 2.34. The van der Waals surface area contributed by atoms with Gasteiger partial charge in [-0.15, -0.1) is 11.3 Å². The second-order valence-corrected chi connectivity index (χ2v) is 6.60. The van der Waals surface area contributed by atoms with Crippen molar-refractivity contribution in [2.24, 2.45) is 0 Å². The van der Waals surface area contributed by atoms with Crippen molar-refractivity contribution in [3.05, 3.63) is 17.3 Å². The van der Waals surface area contributed by atoms with Gasteiger partial charge in [0.15, 0.2) is 5.79 Å². The lowest BCUT2D eigenvalue weighted by atomic mass is 10.0. The normalized spacial score (nSPS) is 21.9. The molecule has 0 unspecified atom stereocenters. The van der Waals surface area contributed by atoms with Crippen LogP contribution in [0.15, 0.2) is 12.4 Å². The molecule has 2 aliphatic rings. The first-order valence-corrected chi connectivity index (χ1v) is 7.81. The molecule has 0 atom stereocenters. The Hall–Kier alpha value is -1.24. The summed E-state index contributed by atoms with van der Waals surface area (Å²) in [5, 5.41) is 1.17. The number of aryl methyl sites for hydroxylation is 1. The zero-order valence-corrected chi connectivity index (χ0v) is 12.3. The molecular formula is C14H17N3O2S. The summed E-state index contributed by atoms with van der Waals surface area (Å²) in [6.07, 6.45) is 3.48. The number of anilines is 1. The smallest absolute Gasteiger partial charge is 0.171 e. The second kappa shape index (κ2) is 4.65. The van der Waals surface area contributed by atoms with Crippen molar-refractivity contribution in [2.75, 3.05) is 31.2 Å². The highest BCUT2D eigenvalue weighted by Crippen LogP contribution is 2.35. The number of thiophene rings is 1. The number of fused-ring (bicyclic) bond motifs is 1. The average molecular weight is 291 g/mol. The van der Waals surface area contributed by atoms with Gasteiger partial charge in [0, 0.05) is 30.8 Å². The van der Waals surface area contributed by atoms with Gasteiger partial charge in [-0.25, -0.2) is 9.97 Å². The molecular weight excluding hydrogens is 274 g/mol. The molecule has 0 saturated carbocycles. The van der Waals surface area contributed by atoms with E-state index in [0.29, 0.717) is 0 Å². The maximum Gasteiger partial charge on any atom is 0.171 e. The first-order chi connectivity index (χ1) is 9.76. The minimum absolute atomic E-state index is 0.326. The molecule has 0 aliphatic carbocycles. The van der Waals surface area contributed by atoms with Gasteiger partial charge in [0.05, 0.1) is 18.6 Å². The van der Waals surface area contributed by atoms with Crippen LogP contribution in [0.5, 0.6) is 0 Å². The highest BCUT2D eigenvalue weighted by atomic mass is 32.1. The van der Waals surface area contributed by atoms with Gasteiger partial charge in [-0.1, -0.05) is 0 Å². The largest absolute Gasteiger partial charge is 0.356 e. The number of rotatable bonds is 1. The SMILES string of the molecule is Cc1cc2c(N3CCC4(CC3)OCCO4)ncnc2s1. The van der Waals surface area contributed by atoms with E-state index in [0.717, 1.165) is 49.8 Å². The third-order valence-electron chi connectivity index (χ3n) is 4.07. The molecule has 106 valence electrons. The van der Waals surface area contributed by atoms with Crippen LogP contribution in [0.2, 0.25) is 0 Å². The van der Waals surface area contributed by atoms with Crippen LogP contribution in [-0.2, 0) is 9.47 Å². The zero-order valence-electron chi connectivity index (χ0n) is 11.5. The minimum atomic E-state index is -0.326. The molecule has 0 N–H and O–H groups in total. The summed E-state index contributed by atoms with van der Waals surface area (Å²) in [5.74, 6) is 0.722. The number of aromatic nitrogens is 2. The van der Waals surface area contributed by atoms with Crippen molar-refractivity contribution in [2.45, 2.75) is 25.6 Å². The molecule has 20 heavy (non-hydrogen) atoms. The molecule has 2 fully saturated rings. The van der Waals surface area contributed by atoms with Crippen LogP contribution in [0.25, 0.3) is 10.2 Å². The third kappa shape index (κ3) is 1.99. The molecule has 4 heterocycles. The average Bonchev–Trinajstić information content (AvgIpc) is 3.05. The van der Waals surface area contributed by atoms with Crippen LogP contribution < -0.4 is 4.90 Å². The van der Waals surface area contributed by atoms with Gasteiger partial charge in [0.1, 0.15) is 17.0 Å². The van der Waals surface area contributed by atoms with E-state index in [-0.39, 0.29) is 5.79 Å². The third-order valence-corrected chi connectivity index (χ3v) is 5.03. The highest BCUT2D eigenvalue weighted by molar-refractivity contribution is 7.18. The fraction of sp³-hybridized carbons (Fsp3) is 0.571. The van der Waals surface area contributed by atoms with Crippen molar-refractivity contribution in [3.8, 4) is 0 Å². The van der Waals surface area contributed by atoms with Gasteiger partial charge >= 0.3 is 0 Å². The zero-order chi connectivity index (χ0) is 13.6. The van der Waals surface area contributed by atoms with Gasteiger partial charge in [-0.05, 0) is 13.0 Å². The molecule has 2 aromatic heterocycles. The summed E-state index contributed by atoms with van der Waals surface area (Å²) in [4.78, 5) is 13.5. The lowest BCUT2D eigenvalue weighted by Gasteiger charge is -2.38. The van der Waals surface area contributed by atoms with Gasteiger partial charge in [-0.3, -0.25) is 0 Å². The number of hydrogen-bond acceptors (Lipinski definition) is 6. The van der Waals surface area contributed by atoms with E-state index < -0.39 is 0 Å². The van der Waals surface area contributed by atoms with Crippen LogP contribution in [0.4, 0.5) is 5.82 Å². The maximum atomic E-state index is 5.78. The molecule has 5 nitrogen and oxygen atoms in total. The number of piperidine rings is 1. The molecule has 2 saturated heterocycles. The van der Waals surface area contributed by atoms with Gasteiger partial charge in [0.2, 0.25) is 0 Å². The summed E-state index contributed by atoms with van der Waals surface area (Å²) in [6, 6.07) is 2.18. The van der Waals surface area contributed by atoms with Crippen molar-refractivity contribution in [3.63, 3.8) is 0 Å². The van der Waals surface area contributed by atoms with E-state index in [1.807, 2.05) is 0 Å². The monoisotopic (exact) mass is 291 g/mol. The second-order valence-electron chi connectivity index (χ2n) is 5.37. The fourth-order valence-electron chi connectivity index (χ4n) is 3.06. The molecule has 6 heteroatoms. The Bertz CT molecular complexity index is 626. The molecule has 0 bridgehead atoms. The maximum absolute atomic E-state index is 5.78. The minimum Gasteiger partial charge on any atom is -0.356 e. The van der Waals surface area contributed by atoms with Crippen molar-refractivity contribution >= 4 is 27.4 Å². The molecule has 4 rings (SSSR count). The standard InChI is InChI=1S/C14H17N3O2S/c1-10-8-11-12(15-9-16-13(11)20-10)17-4-2-14(3-5-17)18-6-7-19-14/h8-9H,2-7H2,1H3. The number of hydrogen-bond donors (Lipinski definition) is 0. The Morgan fingerprint density at radius 1 is 1.20 bits per heavy atom. The van der Waals surface area contributed by atoms with E-state index in [1.54, 1.807) is 17.7 Å². The van der Waals surface area contributed by atoms with Crippen LogP contribution in [0.3, 0.4) is 0 Å². The Kier molecular flexibility index (Phi) is 2.90. The first-order valence-electron chi connectivity index (χ1n) is 7.00. The van der Waals surface area contributed by atoms with E-state index in [4.69, 9.17) is 9.47 Å².